The predicted octanol–water partition coefficient (Wildman–Crippen LogP) is 3.27. The Kier molecular flexibility index (Phi) is 5.48. The van der Waals surface area contributed by atoms with Crippen LogP contribution in [0.15, 0.2) is 52.4 Å². The lowest BCUT2D eigenvalue weighted by Crippen LogP contribution is -2.16. The molecule has 0 aliphatic carbocycles. The van der Waals surface area contributed by atoms with E-state index in [1.165, 1.54) is 23.5 Å². The molecule has 3 aromatic rings. The van der Waals surface area contributed by atoms with Gasteiger partial charge in [-0.15, -0.1) is 0 Å². The van der Waals surface area contributed by atoms with E-state index in [2.05, 4.69) is 4.99 Å². The smallest absolute Gasteiger partial charge is 0.279 e. The summed E-state index contributed by atoms with van der Waals surface area (Å²) in [6, 6.07) is 11.7. The molecule has 0 atom stereocenters. The summed E-state index contributed by atoms with van der Waals surface area (Å²) in [5.41, 5.74) is 1.22. The first-order valence-corrected chi connectivity index (χ1v) is 11.2. The third-order valence-electron chi connectivity index (χ3n) is 3.99. The van der Waals surface area contributed by atoms with Gasteiger partial charge in [0.2, 0.25) is 0 Å². The van der Waals surface area contributed by atoms with Crippen molar-refractivity contribution in [2.75, 3.05) is 12.9 Å². The van der Waals surface area contributed by atoms with Crippen LogP contribution in [0.25, 0.3) is 10.2 Å². The van der Waals surface area contributed by atoms with Crippen molar-refractivity contribution in [3.8, 4) is 5.75 Å². The summed E-state index contributed by atoms with van der Waals surface area (Å²) in [5, 5.41) is 0. The van der Waals surface area contributed by atoms with Gasteiger partial charge in [-0.25, -0.2) is 8.42 Å². The number of amides is 1. The topological polar surface area (TPSA) is 77.7 Å². The van der Waals surface area contributed by atoms with Crippen LogP contribution in [0.2, 0.25) is 0 Å². The molecule has 1 aromatic heterocycles. The summed E-state index contributed by atoms with van der Waals surface area (Å²) in [5.74, 6) is 0.299. The summed E-state index contributed by atoms with van der Waals surface area (Å²) in [4.78, 5) is 17.5. The molecule has 0 spiro atoms. The molecule has 6 nitrogen and oxygen atoms in total. The second-order valence-corrected chi connectivity index (χ2v) is 8.93. The highest BCUT2D eigenvalue weighted by molar-refractivity contribution is 7.90. The lowest BCUT2D eigenvalue weighted by Gasteiger charge is -2.04. The van der Waals surface area contributed by atoms with Crippen LogP contribution in [0.3, 0.4) is 0 Å². The van der Waals surface area contributed by atoms with Crippen LogP contribution < -0.4 is 9.54 Å². The van der Waals surface area contributed by atoms with E-state index >= 15 is 0 Å². The molecule has 2 aromatic carbocycles. The minimum atomic E-state index is -3.39. The number of fused-ring (bicyclic) bond motifs is 1. The van der Waals surface area contributed by atoms with Crippen molar-refractivity contribution < 1.29 is 17.9 Å². The predicted molar refractivity (Wildman–Crippen MR) is 106 cm³/mol. The standard InChI is InChI=1S/C19H20N2O4S2/c1-4-21-16-10-9-14(25-5-2)12-17(16)26-19(21)20-18(22)13-7-6-8-15(11-13)27(3,23)24/h6-12H,4-5H2,1-3H3. The summed E-state index contributed by atoms with van der Waals surface area (Å²) in [7, 11) is -3.39. The van der Waals surface area contributed by atoms with Crippen LogP contribution in [-0.2, 0) is 16.4 Å². The van der Waals surface area contributed by atoms with Gasteiger partial charge in [-0.2, -0.15) is 4.99 Å². The Morgan fingerprint density at radius 2 is 1.96 bits per heavy atom. The molecule has 142 valence electrons. The van der Waals surface area contributed by atoms with Gasteiger partial charge in [-0.05, 0) is 50.2 Å². The monoisotopic (exact) mass is 404 g/mol. The first kappa shape index (κ1) is 19.3. The summed E-state index contributed by atoms with van der Waals surface area (Å²) < 4.78 is 31.9. The van der Waals surface area contributed by atoms with E-state index in [0.717, 1.165) is 22.2 Å². The Bertz CT molecular complexity index is 1170. The third kappa shape index (κ3) is 4.12. The largest absolute Gasteiger partial charge is 0.494 e. The third-order valence-corrected chi connectivity index (χ3v) is 6.14. The minimum Gasteiger partial charge on any atom is -0.494 e. The number of aromatic nitrogens is 1. The van der Waals surface area contributed by atoms with Crippen molar-refractivity contribution >= 4 is 37.3 Å². The number of hydrogen-bond donors (Lipinski definition) is 0. The maximum absolute atomic E-state index is 12.6. The highest BCUT2D eigenvalue weighted by Gasteiger charge is 2.13. The molecule has 0 aliphatic heterocycles. The van der Waals surface area contributed by atoms with Crippen molar-refractivity contribution in [1.82, 2.24) is 4.57 Å². The number of ether oxygens (including phenoxy) is 1. The fraction of sp³-hybridized carbons (Fsp3) is 0.263. The van der Waals surface area contributed by atoms with E-state index in [-0.39, 0.29) is 10.5 Å². The average Bonchev–Trinajstić information content (AvgIpc) is 2.97. The van der Waals surface area contributed by atoms with Gasteiger partial charge in [0, 0.05) is 18.4 Å². The van der Waals surface area contributed by atoms with E-state index in [4.69, 9.17) is 4.74 Å². The van der Waals surface area contributed by atoms with Gasteiger partial charge in [0.25, 0.3) is 5.91 Å². The van der Waals surface area contributed by atoms with Crippen molar-refractivity contribution in [1.29, 1.82) is 0 Å². The Hall–Kier alpha value is -2.45. The van der Waals surface area contributed by atoms with E-state index in [9.17, 15) is 13.2 Å². The second-order valence-electron chi connectivity index (χ2n) is 5.91. The molecule has 1 heterocycles. The van der Waals surface area contributed by atoms with Crippen molar-refractivity contribution in [3.05, 3.63) is 52.8 Å². The zero-order valence-corrected chi connectivity index (χ0v) is 16.9. The molecule has 1 amide bonds. The highest BCUT2D eigenvalue weighted by Crippen LogP contribution is 2.23. The minimum absolute atomic E-state index is 0.101. The summed E-state index contributed by atoms with van der Waals surface area (Å²) in [6.07, 6.45) is 1.11. The Morgan fingerprint density at radius 1 is 1.19 bits per heavy atom. The fourth-order valence-corrected chi connectivity index (χ4v) is 4.50. The number of rotatable bonds is 5. The quantitative estimate of drug-likeness (QED) is 0.654. The number of nitrogens with zero attached hydrogens (tertiary/aromatic N) is 2. The lowest BCUT2D eigenvalue weighted by atomic mass is 10.2. The molecule has 0 radical (unpaired) electrons. The molecule has 0 N–H and O–H groups in total. The second kappa shape index (κ2) is 7.66. The van der Waals surface area contributed by atoms with Crippen molar-refractivity contribution in [3.63, 3.8) is 0 Å². The molecule has 0 aliphatic rings. The van der Waals surface area contributed by atoms with Crippen LogP contribution in [0.4, 0.5) is 0 Å². The van der Waals surface area contributed by atoms with E-state index < -0.39 is 15.7 Å². The Morgan fingerprint density at radius 3 is 2.63 bits per heavy atom. The number of carbonyl (C=O) groups excluding carboxylic acids is 1. The number of thiazole rings is 1. The van der Waals surface area contributed by atoms with Gasteiger partial charge in [-0.1, -0.05) is 17.4 Å². The van der Waals surface area contributed by atoms with Gasteiger partial charge < -0.3 is 9.30 Å². The van der Waals surface area contributed by atoms with Crippen LogP contribution in [0.5, 0.6) is 5.75 Å². The normalized spacial score (nSPS) is 12.5. The van der Waals surface area contributed by atoms with Gasteiger partial charge >= 0.3 is 0 Å². The average molecular weight is 405 g/mol. The zero-order valence-electron chi connectivity index (χ0n) is 15.3. The van der Waals surface area contributed by atoms with Crippen LogP contribution >= 0.6 is 11.3 Å². The van der Waals surface area contributed by atoms with E-state index in [0.29, 0.717) is 18.0 Å². The molecule has 0 saturated heterocycles. The Labute approximate surface area is 161 Å². The number of sulfone groups is 1. The molecular weight excluding hydrogens is 384 g/mol. The van der Waals surface area contributed by atoms with Gasteiger partial charge in [-0.3, -0.25) is 4.79 Å². The molecule has 8 heteroatoms. The maximum Gasteiger partial charge on any atom is 0.279 e. The maximum atomic E-state index is 12.6. The van der Waals surface area contributed by atoms with Gasteiger partial charge in [0.15, 0.2) is 14.6 Å². The molecule has 0 unspecified atom stereocenters. The van der Waals surface area contributed by atoms with Crippen molar-refractivity contribution in [2.24, 2.45) is 4.99 Å². The van der Waals surface area contributed by atoms with Gasteiger partial charge in [0.1, 0.15) is 5.75 Å². The molecule has 27 heavy (non-hydrogen) atoms. The summed E-state index contributed by atoms with van der Waals surface area (Å²) >= 11 is 1.40. The Balaban J connectivity index is 2.08. The number of hydrogen-bond acceptors (Lipinski definition) is 5. The molecule has 3 rings (SSSR count). The molecule has 0 bridgehead atoms. The number of aryl methyl sites for hydroxylation is 1. The first-order valence-electron chi connectivity index (χ1n) is 8.49. The summed E-state index contributed by atoms with van der Waals surface area (Å²) in [6.45, 7) is 5.14. The molecule has 0 saturated carbocycles. The number of carbonyl (C=O) groups is 1. The van der Waals surface area contributed by atoms with Crippen LogP contribution in [-0.4, -0.2) is 31.8 Å². The van der Waals surface area contributed by atoms with Gasteiger partial charge in [0.05, 0.1) is 21.7 Å². The van der Waals surface area contributed by atoms with E-state index in [1.807, 2.05) is 36.6 Å². The van der Waals surface area contributed by atoms with Crippen LogP contribution in [0.1, 0.15) is 24.2 Å². The number of benzene rings is 2. The lowest BCUT2D eigenvalue weighted by molar-refractivity contribution is 0.0997. The van der Waals surface area contributed by atoms with Crippen molar-refractivity contribution in [2.45, 2.75) is 25.3 Å². The van der Waals surface area contributed by atoms with Crippen LogP contribution in [0, 0.1) is 0 Å². The fourth-order valence-electron chi connectivity index (χ4n) is 2.71. The molecule has 0 fully saturated rings. The van der Waals surface area contributed by atoms with E-state index in [1.54, 1.807) is 12.1 Å². The highest BCUT2D eigenvalue weighted by atomic mass is 32.2. The molecular formula is C19H20N2O4S2. The zero-order chi connectivity index (χ0) is 19.6. The first-order chi connectivity index (χ1) is 12.8. The SMILES string of the molecule is CCOc1ccc2c(c1)sc(=NC(=O)c1cccc(S(C)(=O)=O)c1)n2CC.